The van der Waals surface area contributed by atoms with Crippen molar-refractivity contribution in [2.75, 3.05) is 7.11 Å². The van der Waals surface area contributed by atoms with Crippen LogP contribution >= 0.6 is 21.7 Å². The zero-order valence-corrected chi connectivity index (χ0v) is 7.25. The Labute approximate surface area is 72.2 Å². The number of ether oxygens (including phenoxy) is 1. The Morgan fingerprint density at radius 2 is 2.45 bits per heavy atom. The quantitative estimate of drug-likeness (QED) is 0.721. The number of rotatable bonds is 2. The van der Waals surface area contributed by atoms with Crippen molar-refractivity contribution in [1.29, 1.82) is 0 Å². The van der Waals surface area contributed by atoms with Gasteiger partial charge in [0.15, 0.2) is 0 Å². The van der Waals surface area contributed by atoms with Gasteiger partial charge >= 0.3 is 0 Å². The third-order valence-electron chi connectivity index (χ3n) is 1.06. The topological polar surface area (TPSA) is 22.1 Å². The van der Waals surface area contributed by atoms with Gasteiger partial charge in [0.25, 0.3) is 0 Å². The van der Waals surface area contributed by atoms with Crippen molar-refractivity contribution in [2.45, 2.75) is 4.90 Å². The van der Waals surface area contributed by atoms with Crippen molar-refractivity contribution in [3.63, 3.8) is 0 Å². The van der Waals surface area contributed by atoms with Crippen LogP contribution < -0.4 is 4.74 Å². The monoisotopic (exact) mass is 193 g/mol. The summed E-state index contributed by atoms with van der Waals surface area (Å²) in [6.45, 7) is 0. The van der Waals surface area contributed by atoms with Crippen molar-refractivity contribution in [1.82, 2.24) is 4.98 Å². The standard InChI is InChI=1S/C6H5ClFNOS/c1-10-6-5(11-7)2-4(8)3-9-6/h2-3H,1H3. The van der Waals surface area contributed by atoms with Gasteiger partial charge in [-0.15, -0.1) is 0 Å². The normalized spacial score (nSPS) is 9.73. The van der Waals surface area contributed by atoms with E-state index in [-0.39, 0.29) is 0 Å². The molecular weight excluding hydrogens is 189 g/mol. The van der Waals surface area contributed by atoms with Crippen LogP contribution in [-0.4, -0.2) is 12.1 Å². The van der Waals surface area contributed by atoms with Gasteiger partial charge < -0.3 is 4.74 Å². The Morgan fingerprint density at radius 3 is 3.00 bits per heavy atom. The second-order valence-corrected chi connectivity index (χ2v) is 2.80. The molecule has 0 amide bonds. The van der Waals surface area contributed by atoms with E-state index in [1.165, 1.54) is 13.2 Å². The van der Waals surface area contributed by atoms with Crippen molar-refractivity contribution in [3.8, 4) is 5.88 Å². The van der Waals surface area contributed by atoms with Crippen LogP contribution in [-0.2, 0) is 0 Å². The van der Waals surface area contributed by atoms with Gasteiger partial charge in [-0.3, -0.25) is 0 Å². The molecule has 0 N–H and O–H groups in total. The smallest absolute Gasteiger partial charge is 0.228 e. The van der Waals surface area contributed by atoms with Crippen molar-refractivity contribution in [2.24, 2.45) is 0 Å². The molecule has 0 atom stereocenters. The van der Waals surface area contributed by atoms with Crippen LogP contribution in [0, 0.1) is 5.82 Å². The predicted octanol–water partition coefficient (Wildman–Crippen LogP) is 2.48. The third kappa shape index (κ3) is 1.97. The van der Waals surface area contributed by atoms with Gasteiger partial charge in [0, 0.05) is 0 Å². The zero-order chi connectivity index (χ0) is 8.27. The first kappa shape index (κ1) is 8.62. The minimum absolute atomic E-state index is 0.339. The maximum atomic E-state index is 12.5. The highest BCUT2D eigenvalue weighted by Gasteiger charge is 2.04. The van der Waals surface area contributed by atoms with Crippen LogP contribution in [0.15, 0.2) is 17.2 Å². The van der Waals surface area contributed by atoms with E-state index in [4.69, 9.17) is 15.4 Å². The summed E-state index contributed by atoms with van der Waals surface area (Å²) >= 11 is 0. The number of methoxy groups -OCH3 is 1. The van der Waals surface area contributed by atoms with Gasteiger partial charge in [-0.05, 0) is 27.7 Å². The fourth-order valence-corrected chi connectivity index (χ4v) is 1.31. The Bertz CT molecular complexity index is 258. The number of aromatic nitrogens is 1. The van der Waals surface area contributed by atoms with Crippen molar-refractivity contribution in [3.05, 3.63) is 18.1 Å². The molecular formula is C6H5ClFNOS. The van der Waals surface area contributed by atoms with E-state index in [9.17, 15) is 4.39 Å². The Morgan fingerprint density at radius 1 is 1.73 bits per heavy atom. The molecule has 5 heteroatoms. The summed E-state index contributed by atoms with van der Waals surface area (Å²) in [6, 6.07) is 1.27. The molecule has 0 aliphatic heterocycles. The SMILES string of the molecule is COc1ncc(F)cc1SCl. The highest BCUT2D eigenvalue weighted by atomic mass is 35.7. The molecule has 0 aliphatic carbocycles. The summed E-state index contributed by atoms with van der Waals surface area (Å²) in [4.78, 5) is 4.15. The van der Waals surface area contributed by atoms with E-state index in [2.05, 4.69) is 4.98 Å². The van der Waals surface area contributed by atoms with E-state index >= 15 is 0 Å². The number of hydrogen-bond donors (Lipinski definition) is 0. The maximum Gasteiger partial charge on any atom is 0.228 e. The third-order valence-corrected chi connectivity index (χ3v) is 2.02. The van der Waals surface area contributed by atoms with Crippen LogP contribution in [0.25, 0.3) is 0 Å². The van der Waals surface area contributed by atoms with E-state index < -0.39 is 5.82 Å². The zero-order valence-electron chi connectivity index (χ0n) is 5.67. The van der Waals surface area contributed by atoms with Crippen molar-refractivity contribution < 1.29 is 9.13 Å². The van der Waals surface area contributed by atoms with Crippen molar-refractivity contribution >= 4 is 21.7 Å². The van der Waals surface area contributed by atoms with Gasteiger partial charge in [-0.25, -0.2) is 9.37 Å². The summed E-state index contributed by atoms with van der Waals surface area (Å²) in [7, 11) is 7.75. The van der Waals surface area contributed by atoms with Crippen LogP contribution in [0.3, 0.4) is 0 Å². The second-order valence-electron chi connectivity index (χ2n) is 1.74. The molecule has 1 aromatic rings. The first-order chi connectivity index (χ1) is 5.27. The predicted molar refractivity (Wildman–Crippen MR) is 42.5 cm³/mol. The summed E-state index contributed by atoms with van der Waals surface area (Å²) in [6.07, 6.45) is 1.08. The Hall–Kier alpha value is -0.480. The first-order valence-corrected chi connectivity index (χ1v) is 4.40. The lowest BCUT2D eigenvalue weighted by Gasteiger charge is -2.01. The van der Waals surface area contributed by atoms with E-state index in [1.807, 2.05) is 0 Å². The molecule has 0 spiro atoms. The van der Waals surface area contributed by atoms with Crippen LogP contribution in [0.2, 0.25) is 0 Å². The summed E-state index contributed by atoms with van der Waals surface area (Å²) < 4.78 is 17.3. The molecule has 1 rings (SSSR count). The van der Waals surface area contributed by atoms with Crippen LogP contribution in [0.1, 0.15) is 0 Å². The lowest BCUT2D eigenvalue weighted by Crippen LogP contribution is -1.90. The molecule has 0 aliphatic rings. The Kier molecular flexibility index (Phi) is 2.96. The number of halogens is 2. The highest BCUT2D eigenvalue weighted by Crippen LogP contribution is 2.29. The fourth-order valence-electron chi connectivity index (χ4n) is 0.617. The number of pyridine rings is 1. The molecule has 0 unspecified atom stereocenters. The molecule has 0 saturated carbocycles. The molecule has 0 aromatic carbocycles. The molecule has 60 valence electrons. The second kappa shape index (κ2) is 3.78. The summed E-state index contributed by atoms with van der Waals surface area (Å²) in [5.74, 6) is -0.0830. The van der Waals surface area contributed by atoms with Gasteiger partial charge in [-0.1, -0.05) is 0 Å². The van der Waals surface area contributed by atoms with Crippen LogP contribution in [0.5, 0.6) is 5.88 Å². The molecule has 0 radical (unpaired) electrons. The number of hydrogen-bond acceptors (Lipinski definition) is 3. The highest BCUT2D eigenvalue weighted by molar-refractivity contribution is 8.21. The average molecular weight is 194 g/mol. The minimum atomic E-state index is -0.422. The van der Waals surface area contributed by atoms with Gasteiger partial charge in [-0.2, -0.15) is 0 Å². The minimum Gasteiger partial charge on any atom is -0.480 e. The molecule has 2 nitrogen and oxygen atoms in total. The van der Waals surface area contributed by atoms with E-state index in [0.717, 1.165) is 17.2 Å². The van der Waals surface area contributed by atoms with Gasteiger partial charge in [0.05, 0.1) is 18.2 Å². The van der Waals surface area contributed by atoms with Crippen LogP contribution in [0.4, 0.5) is 4.39 Å². The summed E-state index contributed by atoms with van der Waals surface area (Å²) in [5.41, 5.74) is 0. The number of nitrogens with zero attached hydrogens (tertiary/aromatic N) is 1. The van der Waals surface area contributed by atoms with Gasteiger partial charge in [0.1, 0.15) is 5.82 Å². The lowest BCUT2D eigenvalue weighted by molar-refractivity contribution is 0.384. The summed E-state index contributed by atoms with van der Waals surface area (Å²) in [5, 5.41) is 0. The maximum absolute atomic E-state index is 12.5. The molecule has 11 heavy (non-hydrogen) atoms. The molecule has 0 saturated heterocycles. The molecule has 0 bridgehead atoms. The average Bonchev–Trinajstić information content (AvgIpc) is 2.04. The van der Waals surface area contributed by atoms with E-state index in [0.29, 0.717) is 10.8 Å². The largest absolute Gasteiger partial charge is 0.480 e. The van der Waals surface area contributed by atoms with Gasteiger partial charge in [0.2, 0.25) is 5.88 Å². The van der Waals surface area contributed by atoms with E-state index in [1.54, 1.807) is 0 Å². The first-order valence-electron chi connectivity index (χ1n) is 2.76. The molecule has 1 heterocycles. The Balaban J connectivity index is 3.06. The molecule has 1 aromatic heterocycles. The lowest BCUT2D eigenvalue weighted by atomic mass is 10.5. The fraction of sp³-hybridized carbons (Fsp3) is 0.167. The molecule has 0 fully saturated rings.